The van der Waals surface area contributed by atoms with Crippen LogP contribution in [0.4, 0.5) is 0 Å². The highest BCUT2D eigenvalue weighted by molar-refractivity contribution is 8.97. The number of likely N-dealkylation sites (tertiary alicyclic amines) is 2. The molecule has 294 valence electrons. The number of carbonyl (C=O) groups is 8. The number of hydrogen-bond donors (Lipinski definition) is 4. The molecule has 0 radical (unpaired) electrons. The Morgan fingerprint density at radius 1 is 0.731 bits per heavy atom. The first-order valence-corrected chi connectivity index (χ1v) is 30.3. The third-order valence-corrected chi connectivity index (χ3v) is 35.1. The molecule has 2 saturated heterocycles. The van der Waals surface area contributed by atoms with E-state index in [2.05, 4.69) is 64.3 Å². The SMILES string of the molecule is CC1CC(=O)N(CCC(=O)C[C@@H](CCCCNC(=O)CCN2C(=O)CC(P(P(P)P)P(P)P)C2=O)C(=O)NCCCCCCNC(=O)CCS)C1=O. The minimum Gasteiger partial charge on any atom is -0.356 e. The third-order valence-electron chi connectivity index (χ3n) is 8.83. The average molecular weight is 876 g/mol. The number of rotatable bonds is 26. The van der Waals surface area contributed by atoms with E-state index in [0.29, 0.717) is 51.1 Å². The maximum Gasteiger partial charge on any atom is 0.237 e. The van der Waals surface area contributed by atoms with Crippen LogP contribution in [0.2, 0.25) is 0 Å². The van der Waals surface area contributed by atoms with Crippen molar-refractivity contribution < 1.29 is 38.4 Å². The average Bonchev–Trinajstić information content (AvgIpc) is 3.49. The summed E-state index contributed by atoms with van der Waals surface area (Å²) in [6.45, 7) is 2.11. The molecule has 0 aromatic carbocycles. The van der Waals surface area contributed by atoms with Gasteiger partial charge >= 0.3 is 0 Å². The summed E-state index contributed by atoms with van der Waals surface area (Å²) in [5.41, 5.74) is -0.313. The zero-order chi connectivity index (χ0) is 38.8. The van der Waals surface area contributed by atoms with E-state index in [1.807, 2.05) is 0 Å². The molecule has 0 spiro atoms. The van der Waals surface area contributed by atoms with Crippen molar-refractivity contribution in [3.05, 3.63) is 0 Å². The molecule has 2 aliphatic rings. The van der Waals surface area contributed by atoms with Crippen LogP contribution in [0.5, 0.6) is 0 Å². The molecular formula is C31H56N5O8P7S. The number of imide groups is 2. The number of nitrogens with zero attached hydrogens (tertiary/aromatic N) is 2. The van der Waals surface area contributed by atoms with Gasteiger partial charge in [0.25, 0.3) is 0 Å². The number of hydrogen-bond acceptors (Lipinski definition) is 9. The van der Waals surface area contributed by atoms with Gasteiger partial charge in [-0.25, -0.2) is 0 Å². The molecule has 2 heterocycles. The quantitative estimate of drug-likeness (QED) is 0.0418. The van der Waals surface area contributed by atoms with Gasteiger partial charge in [-0.3, -0.25) is 48.2 Å². The lowest BCUT2D eigenvalue weighted by Crippen LogP contribution is -2.36. The molecule has 0 aromatic heterocycles. The molecule has 21 heteroatoms. The summed E-state index contributed by atoms with van der Waals surface area (Å²) >= 11 is 4.05. The number of carbonyl (C=O) groups excluding carboxylic acids is 8. The van der Waals surface area contributed by atoms with E-state index in [0.717, 1.165) is 30.6 Å². The number of ketones is 1. The number of unbranched alkanes of at least 4 members (excludes halogenated alkanes) is 4. The van der Waals surface area contributed by atoms with Crippen molar-refractivity contribution in [1.29, 1.82) is 0 Å². The predicted molar refractivity (Wildman–Crippen MR) is 227 cm³/mol. The Bertz CT molecular complexity index is 1280. The molecule has 0 bridgehead atoms. The molecule has 2 aliphatic heterocycles. The summed E-state index contributed by atoms with van der Waals surface area (Å²) in [4.78, 5) is 103. The van der Waals surface area contributed by atoms with Crippen molar-refractivity contribution in [3.63, 3.8) is 0 Å². The van der Waals surface area contributed by atoms with E-state index in [1.165, 1.54) is 4.90 Å². The minimum absolute atomic E-state index is 0.00832. The lowest BCUT2D eigenvalue weighted by molar-refractivity contribution is -0.141. The van der Waals surface area contributed by atoms with E-state index < -0.39 is 27.2 Å². The fraction of sp³-hybridized carbons (Fsp3) is 0.742. The van der Waals surface area contributed by atoms with Crippen molar-refractivity contribution in [2.75, 3.05) is 38.5 Å². The van der Waals surface area contributed by atoms with Gasteiger partial charge < -0.3 is 16.0 Å². The zero-order valence-corrected chi connectivity index (χ0v) is 38.1. The van der Waals surface area contributed by atoms with E-state index in [-0.39, 0.29) is 104 Å². The Kier molecular flexibility index (Phi) is 23.7. The second-order valence-corrected chi connectivity index (χ2v) is 38.0. The Labute approximate surface area is 325 Å². The molecule has 13 nitrogen and oxygen atoms in total. The molecule has 6 unspecified atom stereocenters. The third kappa shape index (κ3) is 16.8. The van der Waals surface area contributed by atoms with Crippen LogP contribution in [-0.4, -0.2) is 101 Å². The molecule has 0 saturated carbocycles. The van der Waals surface area contributed by atoms with Crippen molar-refractivity contribution in [2.24, 2.45) is 11.8 Å². The molecular weight excluding hydrogens is 819 g/mol. The van der Waals surface area contributed by atoms with Crippen LogP contribution in [0, 0.1) is 11.8 Å². The second kappa shape index (κ2) is 25.8. The molecule has 7 amide bonds. The zero-order valence-electron chi connectivity index (χ0n) is 29.9. The molecule has 0 aliphatic carbocycles. The number of thiol groups is 1. The molecule has 52 heavy (non-hydrogen) atoms. The molecule has 2 fully saturated rings. The summed E-state index contributed by atoms with van der Waals surface area (Å²) in [6.07, 6.45) is 5.64. The maximum atomic E-state index is 13.2. The van der Waals surface area contributed by atoms with Gasteiger partial charge in [0.2, 0.25) is 41.4 Å². The van der Waals surface area contributed by atoms with Crippen molar-refractivity contribution in [3.8, 4) is 0 Å². The Balaban J connectivity index is 1.79. The normalized spacial score (nSPS) is 18.2. The van der Waals surface area contributed by atoms with Gasteiger partial charge in [0.15, 0.2) is 0 Å². The first-order valence-electron chi connectivity index (χ1n) is 17.7. The number of nitrogens with one attached hydrogen (secondary N) is 3. The maximum absolute atomic E-state index is 13.2. The van der Waals surface area contributed by atoms with Crippen LogP contribution in [-0.2, 0) is 38.4 Å². The molecule has 0 aromatic rings. The van der Waals surface area contributed by atoms with Gasteiger partial charge in [0.1, 0.15) is 5.78 Å². The van der Waals surface area contributed by atoms with E-state index in [1.54, 1.807) is 6.92 Å². The van der Waals surface area contributed by atoms with Gasteiger partial charge in [-0.2, -0.15) is 12.6 Å². The largest absolute Gasteiger partial charge is 0.356 e. The summed E-state index contributed by atoms with van der Waals surface area (Å²) in [5, 5.41) is 8.63. The predicted octanol–water partition coefficient (Wildman–Crippen LogP) is 4.70. The summed E-state index contributed by atoms with van der Waals surface area (Å²) in [6, 6.07) is 0. The van der Waals surface area contributed by atoms with E-state index >= 15 is 0 Å². The first-order chi connectivity index (χ1) is 24.7. The first kappa shape index (κ1) is 47.9. The topological polar surface area (TPSA) is 179 Å². The monoisotopic (exact) mass is 875 g/mol. The summed E-state index contributed by atoms with van der Waals surface area (Å²) < 4.78 is 0. The fourth-order valence-electron chi connectivity index (χ4n) is 5.97. The van der Waals surface area contributed by atoms with E-state index in [9.17, 15) is 38.4 Å². The van der Waals surface area contributed by atoms with Gasteiger partial charge in [-0.1, -0.05) is 26.2 Å². The van der Waals surface area contributed by atoms with Gasteiger partial charge in [-0.05, 0) is 52.7 Å². The van der Waals surface area contributed by atoms with Crippen molar-refractivity contribution in [2.45, 2.75) is 96.1 Å². The van der Waals surface area contributed by atoms with Crippen LogP contribution < -0.4 is 16.0 Å². The Hall–Kier alpha value is -0.280. The van der Waals surface area contributed by atoms with E-state index in [4.69, 9.17) is 0 Å². The molecule has 2 rings (SSSR count). The van der Waals surface area contributed by atoms with Gasteiger partial charge in [-0.15, -0.1) is 35.7 Å². The van der Waals surface area contributed by atoms with Crippen LogP contribution in [0.3, 0.4) is 0 Å². The summed E-state index contributed by atoms with van der Waals surface area (Å²) in [7, 11) is 10.5. The van der Waals surface area contributed by atoms with Crippen LogP contribution in [0.25, 0.3) is 0 Å². The summed E-state index contributed by atoms with van der Waals surface area (Å²) in [5.74, 6) is -2.15. The standard InChI is InChI=1S/C31H56N5O8P7S/c1-21-18-27(40)35(30(21)43)15-9-23(37)19-22(29(42)34-14-6-3-2-5-12-33-26(39)11-17-52)8-4-7-13-32-25(38)10-16-36-28(41)20-24(31(36)44)49(50(45)46)51(47)48/h21-22,24,52H,2-20,45-48H2,1H3,(H,32,38)(H,33,39)(H,34,42)/t21?,22-,24?/m1/s1. The highest BCUT2D eigenvalue weighted by Crippen LogP contribution is 2.99. The minimum atomic E-state index is -0.672. The number of Topliss-reactive ketones (excluding diaryl/α,β-unsaturated/α-hetero) is 1. The number of amides is 7. The van der Waals surface area contributed by atoms with Crippen molar-refractivity contribution in [1.82, 2.24) is 25.8 Å². The highest BCUT2D eigenvalue weighted by atomic mass is 33.0. The van der Waals surface area contributed by atoms with Gasteiger partial charge in [0, 0.05) is 83.1 Å². The van der Waals surface area contributed by atoms with Crippen LogP contribution in [0.1, 0.15) is 90.4 Å². The molecule has 3 N–H and O–H groups in total. The van der Waals surface area contributed by atoms with Crippen molar-refractivity contribution >= 4 is 117 Å². The lowest BCUT2D eigenvalue weighted by atomic mass is 9.94. The van der Waals surface area contributed by atoms with Crippen LogP contribution >= 0.6 is 69.6 Å². The highest BCUT2D eigenvalue weighted by Gasteiger charge is 2.45. The second-order valence-electron chi connectivity index (χ2n) is 13.0. The lowest BCUT2D eigenvalue weighted by Gasteiger charge is -2.29. The Morgan fingerprint density at radius 2 is 1.25 bits per heavy atom. The van der Waals surface area contributed by atoms with Gasteiger partial charge in [0.05, 0.1) is 5.66 Å². The Morgan fingerprint density at radius 3 is 1.81 bits per heavy atom. The molecule has 7 atom stereocenters. The smallest absolute Gasteiger partial charge is 0.237 e. The fourth-order valence-corrected chi connectivity index (χ4v) is 45.1. The van der Waals surface area contributed by atoms with Crippen LogP contribution in [0.15, 0.2) is 0 Å².